The molecule has 1 amide bonds. The number of anilines is 1. The summed E-state index contributed by atoms with van der Waals surface area (Å²) in [6.07, 6.45) is 1.62. The highest BCUT2D eigenvalue weighted by atomic mass is 32.2. The average Bonchev–Trinajstić information content (AvgIpc) is 2.84. The van der Waals surface area contributed by atoms with Gasteiger partial charge in [0.25, 0.3) is 15.9 Å². The summed E-state index contributed by atoms with van der Waals surface area (Å²) in [5, 5.41) is 0.837. The van der Waals surface area contributed by atoms with Gasteiger partial charge in [0.15, 0.2) is 0 Å². The maximum atomic E-state index is 12.9. The number of carbonyl (C=O) groups is 1. The predicted octanol–water partition coefficient (Wildman–Crippen LogP) is 4.08. The molecule has 34 heavy (non-hydrogen) atoms. The van der Waals surface area contributed by atoms with Crippen LogP contribution in [0.3, 0.4) is 0 Å². The number of benzene rings is 3. The van der Waals surface area contributed by atoms with Gasteiger partial charge in [-0.15, -0.1) is 0 Å². The van der Waals surface area contributed by atoms with Crippen molar-refractivity contribution in [3.8, 4) is 0 Å². The summed E-state index contributed by atoms with van der Waals surface area (Å²) in [5.74, 6) is -0.144. The topological polar surface area (TPSA) is 88.6 Å². The third-order valence-electron chi connectivity index (χ3n) is 5.75. The molecule has 8 heteroatoms. The summed E-state index contributed by atoms with van der Waals surface area (Å²) >= 11 is 0. The molecule has 1 aliphatic rings. The number of amides is 1. The summed E-state index contributed by atoms with van der Waals surface area (Å²) in [6.45, 7) is 1.54. The van der Waals surface area contributed by atoms with Gasteiger partial charge in [-0.2, -0.15) is 0 Å². The minimum atomic E-state index is -3.84. The molecular weight excluding hydrogens is 450 g/mol. The molecule has 7 nitrogen and oxygen atoms in total. The van der Waals surface area contributed by atoms with Crippen LogP contribution < -0.4 is 4.72 Å². The highest BCUT2D eigenvalue weighted by Gasteiger charge is 2.32. The fourth-order valence-electron chi connectivity index (χ4n) is 3.85. The number of fused-ring (bicyclic) bond motifs is 1. The lowest BCUT2D eigenvalue weighted by molar-refractivity contribution is -0.0503. The van der Waals surface area contributed by atoms with E-state index in [1.54, 1.807) is 29.3 Å². The molecule has 3 aromatic carbocycles. The Hall–Kier alpha value is -3.75. The van der Waals surface area contributed by atoms with Gasteiger partial charge in [-0.05, 0) is 42.0 Å². The van der Waals surface area contributed by atoms with E-state index < -0.39 is 10.0 Å². The quantitative estimate of drug-likeness (QED) is 0.437. The average molecular weight is 474 g/mol. The lowest BCUT2D eigenvalue weighted by atomic mass is 10.1. The van der Waals surface area contributed by atoms with Crippen molar-refractivity contribution < 1.29 is 17.9 Å². The highest BCUT2D eigenvalue weighted by Crippen LogP contribution is 2.24. The van der Waals surface area contributed by atoms with Crippen LogP contribution >= 0.6 is 0 Å². The summed E-state index contributed by atoms with van der Waals surface area (Å²) in [6, 6.07) is 24.8. The van der Waals surface area contributed by atoms with Crippen molar-refractivity contribution in [3.63, 3.8) is 0 Å². The Labute approximate surface area is 198 Å². The number of rotatable bonds is 7. The number of nitrogens with zero attached hydrogens (tertiary/aromatic N) is 2. The number of aromatic nitrogens is 1. The van der Waals surface area contributed by atoms with Crippen molar-refractivity contribution in [3.05, 3.63) is 102 Å². The Morgan fingerprint density at radius 2 is 1.68 bits per heavy atom. The Morgan fingerprint density at radius 3 is 2.44 bits per heavy atom. The normalized spacial score (nSPS) is 14.1. The summed E-state index contributed by atoms with van der Waals surface area (Å²) < 4.78 is 34.3. The third-order valence-corrected chi connectivity index (χ3v) is 7.13. The molecule has 1 aromatic heterocycles. The Kier molecular flexibility index (Phi) is 6.00. The van der Waals surface area contributed by atoms with E-state index in [1.807, 2.05) is 42.5 Å². The largest absolute Gasteiger partial charge is 0.370 e. The Morgan fingerprint density at radius 1 is 0.941 bits per heavy atom. The molecule has 1 fully saturated rings. The van der Waals surface area contributed by atoms with E-state index in [0.717, 1.165) is 10.9 Å². The van der Waals surface area contributed by atoms with Crippen LogP contribution in [0.5, 0.6) is 0 Å². The van der Waals surface area contributed by atoms with Gasteiger partial charge in [0, 0.05) is 30.2 Å². The molecule has 0 unspecified atom stereocenters. The molecule has 2 heterocycles. The minimum absolute atomic E-state index is 0.00214. The van der Waals surface area contributed by atoms with E-state index in [2.05, 4.69) is 9.71 Å². The smallest absolute Gasteiger partial charge is 0.261 e. The number of pyridine rings is 1. The Bertz CT molecular complexity index is 1410. The SMILES string of the molecule is O=C(c1ccc(S(=O)(=O)Nc2cccc3cccnc23)cc1)N1CC(OCc2ccccc2)C1. The van der Waals surface area contributed by atoms with Crippen LogP contribution in [0, 0.1) is 0 Å². The van der Waals surface area contributed by atoms with Gasteiger partial charge < -0.3 is 9.64 Å². The zero-order chi connectivity index (χ0) is 23.5. The number of sulfonamides is 1. The van der Waals surface area contributed by atoms with Gasteiger partial charge in [-0.3, -0.25) is 14.5 Å². The lowest BCUT2D eigenvalue weighted by Gasteiger charge is -2.39. The van der Waals surface area contributed by atoms with Crippen molar-refractivity contribution in [2.75, 3.05) is 17.8 Å². The van der Waals surface area contributed by atoms with E-state index in [9.17, 15) is 13.2 Å². The van der Waals surface area contributed by atoms with Crippen LogP contribution in [0.4, 0.5) is 5.69 Å². The fourth-order valence-corrected chi connectivity index (χ4v) is 4.91. The number of ether oxygens (including phenoxy) is 1. The zero-order valence-corrected chi connectivity index (χ0v) is 19.1. The standard InChI is InChI=1S/C26H23N3O4S/c30-26(29-16-22(17-29)33-18-19-6-2-1-3-7-19)21-11-13-23(14-12-21)34(31,32)28-24-10-4-8-20-9-5-15-27-25(20)24/h1-15,22,28H,16-18H2. The van der Waals surface area contributed by atoms with Crippen LogP contribution in [-0.4, -0.2) is 43.4 Å². The van der Waals surface area contributed by atoms with Gasteiger partial charge in [0.1, 0.15) is 0 Å². The second kappa shape index (κ2) is 9.24. The van der Waals surface area contributed by atoms with Gasteiger partial charge >= 0.3 is 0 Å². The molecule has 172 valence electrons. The third kappa shape index (κ3) is 4.64. The van der Waals surface area contributed by atoms with Crippen molar-refractivity contribution in [1.82, 2.24) is 9.88 Å². The molecule has 1 saturated heterocycles. The molecule has 1 N–H and O–H groups in total. The van der Waals surface area contributed by atoms with Gasteiger partial charge in [-0.1, -0.05) is 48.5 Å². The second-order valence-corrected chi connectivity index (χ2v) is 9.82. The number of hydrogen-bond acceptors (Lipinski definition) is 5. The second-order valence-electron chi connectivity index (χ2n) is 8.14. The van der Waals surface area contributed by atoms with Gasteiger partial charge in [0.05, 0.1) is 28.8 Å². The minimum Gasteiger partial charge on any atom is -0.370 e. The zero-order valence-electron chi connectivity index (χ0n) is 18.3. The first kappa shape index (κ1) is 22.1. The summed E-state index contributed by atoms with van der Waals surface area (Å²) in [7, 11) is -3.84. The monoisotopic (exact) mass is 473 g/mol. The number of hydrogen-bond donors (Lipinski definition) is 1. The van der Waals surface area contributed by atoms with E-state index in [0.29, 0.717) is 36.5 Å². The molecule has 0 radical (unpaired) electrons. The van der Waals surface area contributed by atoms with Crippen molar-refractivity contribution in [2.24, 2.45) is 0 Å². The number of nitrogens with one attached hydrogen (secondary N) is 1. The first-order valence-electron chi connectivity index (χ1n) is 10.9. The maximum Gasteiger partial charge on any atom is 0.261 e. The number of likely N-dealkylation sites (tertiary alicyclic amines) is 1. The van der Waals surface area contributed by atoms with E-state index in [4.69, 9.17) is 4.74 Å². The molecular formula is C26H23N3O4S. The first-order valence-corrected chi connectivity index (χ1v) is 12.4. The predicted molar refractivity (Wildman–Crippen MR) is 130 cm³/mol. The van der Waals surface area contributed by atoms with Crippen molar-refractivity contribution in [1.29, 1.82) is 0 Å². The van der Waals surface area contributed by atoms with Gasteiger partial charge in [-0.25, -0.2) is 8.42 Å². The van der Waals surface area contributed by atoms with Gasteiger partial charge in [0.2, 0.25) is 0 Å². The van der Waals surface area contributed by atoms with E-state index >= 15 is 0 Å². The number of para-hydroxylation sites is 1. The molecule has 0 bridgehead atoms. The van der Waals surface area contributed by atoms with E-state index in [1.165, 1.54) is 24.3 Å². The van der Waals surface area contributed by atoms with E-state index in [-0.39, 0.29) is 16.9 Å². The summed E-state index contributed by atoms with van der Waals surface area (Å²) in [5.41, 5.74) is 2.51. The van der Waals surface area contributed by atoms with Crippen LogP contribution in [0.2, 0.25) is 0 Å². The molecule has 5 rings (SSSR count). The van der Waals surface area contributed by atoms with Crippen LogP contribution in [0.1, 0.15) is 15.9 Å². The molecule has 0 spiro atoms. The van der Waals surface area contributed by atoms with Crippen molar-refractivity contribution >= 4 is 32.5 Å². The van der Waals surface area contributed by atoms with Crippen molar-refractivity contribution in [2.45, 2.75) is 17.6 Å². The van der Waals surface area contributed by atoms with Crippen LogP contribution in [-0.2, 0) is 21.4 Å². The van der Waals surface area contributed by atoms with Crippen LogP contribution in [0.25, 0.3) is 10.9 Å². The molecule has 1 aliphatic heterocycles. The first-order chi connectivity index (χ1) is 16.5. The maximum absolute atomic E-state index is 12.9. The molecule has 4 aromatic rings. The molecule has 0 atom stereocenters. The Balaban J connectivity index is 1.21. The summed E-state index contributed by atoms with van der Waals surface area (Å²) in [4.78, 5) is 18.8. The molecule has 0 aliphatic carbocycles. The number of carbonyl (C=O) groups excluding carboxylic acids is 1. The van der Waals surface area contributed by atoms with Crippen LogP contribution in [0.15, 0.2) is 96.0 Å². The fraction of sp³-hybridized carbons (Fsp3) is 0.154. The lowest BCUT2D eigenvalue weighted by Crippen LogP contribution is -2.54. The molecule has 0 saturated carbocycles. The highest BCUT2D eigenvalue weighted by molar-refractivity contribution is 7.92.